The monoisotopic (exact) mass is 424 g/mol. The first kappa shape index (κ1) is 20.4. The molecular formula is C22H21FN4O4. The number of amides is 1. The van der Waals surface area contributed by atoms with E-state index in [1.165, 1.54) is 23.0 Å². The first-order valence-corrected chi connectivity index (χ1v) is 9.64. The van der Waals surface area contributed by atoms with Crippen molar-refractivity contribution in [3.8, 4) is 11.5 Å². The summed E-state index contributed by atoms with van der Waals surface area (Å²) in [6.07, 6.45) is 1.49. The number of rotatable bonds is 7. The maximum Gasteiger partial charge on any atom is 0.277 e. The predicted molar refractivity (Wildman–Crippen MR) is 114 cm³/mol. The molecule has 9 heteroatoms. The van der Waals surface area contributed by atoms with Crippen LogP contribution in [-0.2, 0) is 17.9 Å². The number of carbonyl (C=O) groups excluding carboxylic acids is 1. The molecule has 2 heterocycles. The molecule has 2 N–H and O–H groups in total. The summed E-state index contributed by atoms with van der Waals surface area (Å²) >= 11 is 0. The molecule has 0 unspecified atom stereocenters. The molecule has 2 aromatic carbocycles. The van der Waals surface area contributed by atoms with Crippen molar-refractivity contribution in [1.82, 2.24) is 19.9 Å². The molecule has 0 atom stereocenters. The van der Waals surface area contributed by atoms with Crippen LogP contribution in [0.15, 0.2) is 47.5 Å². The van der Waals surface area contributed by atoms with Crippen LogP contribution >= 0.6 is 0 Å². The van der Waals surface area contributed by atoms with Gasteiger partial charge in [0.05, 0.1) is 20.5 Å². The van der Waals surface area contributed by atoms with Gasteiger partial charge in [0.15, 0.2) is 11.5 Å². The number of methoxy groups -OCH3 is 2. The van der Waals surface area contributed by atoms with E-state index in [4.69, 9.17) is 9.47 Å². The number of nitrogens with zero attached hydrogens (tertiary/aromatic N) is 2. The van der Waals surface area contributed by atoms with Crippen LogP contribution in [0.2, 0.25) is 0 Å². The van der Waals surface area contributed by atoms with Gasteiger partial charge in [-0.2, -0.15) is 0 Å². The summed E-state index contributed by atoms with van der Waals surface area (Å²) in [5.41, 5.74) is 1.87. The summed E-state index contributed by atoms with van der Waals surface area (Å²) in [5.74, 6) is 0.587. The second-order valence-corrected chi connectivity index (χ2v) is 7.00. The largest absolute Gasteiger partial charge is 0.493 e. The van der Waals surface area contributed by atoms with Crippen molar-refractivity contribution in [2.24, 2.45) is 0 Å². The van der Waals surface area contributed by atoms with Crippen molar-refractivity contribution in [3.05, 3.63) is 64.5 Å². The van der Waals surface area contributed by atoms with Gasteiger partial charge < -0.3 is 19.8 Å². The lowest BCUT2D eigenvalue weighted by molar-refractivity contribution is -0.121. The van der Waals surface area contributed by atoms with E-state index in [-0.39, 0.29) is 29.9 Å². The number of H-pyrrole nitrogens is 1. The van der Waals surface area contributed by atoms with Crippen molar-refractivity contribution in [2.75, 3.05) is 14.2 Å². The number of halogens is 1. The molecule has 0 fully saturated rings. The quantitative estimate of drug-likeness (QED) is 0.475. The molecule has 0 radical (unpaired) electrons. The standard InChI is InChI=1S/C22H21FN4O4/c1-30-17-6-3-13(9-18(17)31-2)11-24-19(28)7-8-27-12-25-20-15-10-14(23)4-5-16(15)26-21(20)22(27)29/h3-6,9-10,12,26H,7-8,11H2,1-2H3,(H,24,28). The Kier molecular flexibility index (Phi) is 5.57. The molecule has 4 aromatic rings. The number of ether oxygens (including phenoxy) is 2. The molecule has 0 aliphatic carbocycles. The summed E-state index contributed by atoms with van der Waals surface area (Å²) in [5, 5.41) is 3.37. The minimum Gasteiger partial charge on any atom is -0.493 e. The normalized spacial score (nSPS) is 11.1. The number of fused-ring (bicyclic) bond motifs is 3. The highest BCUT2D eigenvalue weighted by molar-refractivity contribution is 6.04. The molecule has 160 valence electrons. The highest BCUT2D eigenvalue weighted by Gasteiger charge is 2.12. The number of benzene rings is 2. The Balaban J connectivity index is 1.43. The van der Waals surface area contributed by atoms with Gasteiger partial charge in [-0.15, -0.1) is 0 Å². The summed E-state index contributed by atoms with van der Waals surface area (Å²) < 4.78 is 25.3. The van der Waals surface area contributed by atoms with Crippen LogP contribution in [0.3, 0.4) is 0 Å². The highest BCUT2D eigenvalue weighted by atomic mass is 19.1. The third-order valence-electron chi connectivity index (χ3n) is 5.05. The van der Waals surface area contributed by atoms with Gasteiger partial charge in [-0.3, -0.25) is 14.2 Å². The van der Waals surface area contributed by atoms with Crippen LogP contribution in [-0.4, -0.2) is 34.7 Å². The van der Waals surface area contributed by atoms with Crippen molar-refractivity contribution in [1.29, 1.82) is 0 Å². The van der Waals surface area contributed by atoms with Gasteiger partial charge in [0.25, 0.3) is 5.56 Å². The van der Waals surface area contributed by atoms with Crippen LogP contribution in [0.1, 0.15) is 12.0 Å². The molecule has 0 bridgehead atoms. The molecule has 31 heavy (non-hydrogen) atoms. The van der Waals surface area contributed by atoms with Crippen LogP contribution in [0, 0.1) is 5.82 Å². The number of nitrogens with one attached hydrogen (secondary N) is 2. The van der Waals surface area contributed by atoms with Crippen LogP contribution < -0.4 is 20.3 Å². The lowest BCUT2D eigenvalue weighted by Gasteiger charge is -2.10. The third-order valence-corrected chi connectivity index (χ3v) is 5.05. The van der Waals surface area contributed by atoms with E-state index >= 15 is 0 Å². The van der Waals surface area contributed by atoms with E-state index in [0.717, 1.165) is 5.56 Å². The van der Waals surface area contributed by atoms with Gasteiger partial charge >= 0.3 is 0 Å². The Bertz CT molecular complexity index is 1330. The summed E-state index contributed by atoms with van der Waals surface area (Å²) in [6, 6.07) is 9.62. The zero-order chi connectivity index (χ0) is 22.0. The van der Waals surface area contributed by atoms with Crippen molar-refractivity contribution in [2.45, 2.75) is 19.5 Å². The average molecular weight is 424 g/mol. The number of aryl methyl sites for hydroxylation is 1. The van der Waals surface area contributed by atoms with E-state index < -0.39 is 5.82 Å². The first-order valence-electron chi connectivity index (χ1n) is 9.64. The van der Waals surface area contributed by atoms with E-state index in [1.54, 1.807) is 32.4 Å². The SMILES string of the molecule is COc1ccc(CNC(=O)CCn2cnc3c([nH]c4ccc(F)cc43)c2=O)cc1OC. The molecule has 0 aliphatic heterocycles. The Morgan fingerprint density at radius 2 is 1.97 bits per heavy atom. The second-order valence-electron chi connectivity index (χ2n) is 7.00. The van der Waals surface area contributed by atoms with Gasteiger partial charge in [-0.05, 0) is 35.9 Å². The molecule has 0 saturated carbocycles. The van der Waals surface area contributed by atoms with E-state index in [2.05, 4.69) is 15.3 Å². The number of hydrogen-bond acceptors (Lipinski definition) is 5. The molecule has 0 saturated heterocycles. The Morgan fingerprint density at radius 1 is 1.16 bits per heavy atom. The maximum atomic E-state index is 13.5. The topological polar surface area (TPSA) is 98.2 Å². The molecule has 8 nitrogen and oxygen atoms in total. The second kappa shape index (κ2) is 8.47. The van der Waals surface area contributed by atoms with Crippen LogP contribution in [0.5, 0.6) is 11.5 Å². The molecular weight excluding hydrogens is 403 g/mol. The van der Waals surface area contributed by atoms with Gasteiger partial charge in [0.2, 0.25) is 5.91 Å². The molecule has 0 aliphatic rings. The Hall–Kier alpha value is -3.88. The number of carbonyl (C=O) groups is 1. The fourth-order valence-electron chi connectivity index (χ4n) is 3.42. The van der Waals surface area contributed by atoms with Gasteiger partial charge in [0.1, 0.15) is 16.9 Å². The van der Waals surface area contributed by atoms with E-state index in [1.807, 2.05) is 6.07 Å². The Labute approximate surface area is 176 Å². The summed E-state index contributed by atoms with van der Waals surface area (Å²) in [4.78, 5) is 32.3. The smallest absolute Gasteiger partial charge is 0.277 e. The lowest BCUT2D eigenvalue weighted by Crippen LogP contribution is -2.27. The van der Waals surface area contributed by atoms with Crippen molar-refractivity contribution >= 4 is 27.8 Å². The predicted octanol–water partition coefficient (Wildman–Crippen LogP) is 2.74. The molecule has 0 spiro atoms. The molecule has 1 amide bonds. The van der Waals surface area contributed by atoms with Crippen LogP contribution in [0.4, 0.5) is 4.39 Å². The Morgan fingerprint density at radius 3 is 2.74 bits per heavy atom. The zero-order valence-electron chi connectivity index (χ0n) is 17.1. The fraction of sp³-hybridized carbons (Fsp3) is 0.227. The van der Waals surface area contributed by atoms with Gasteiger partial charge in [-0.1, -0.05) is 6.07 Å². The van der Waals surface area contributed by atoms with Crippen LogP contribution in [0.25, 0.3) is 21.9 Å². The number of hydrogen-bond donors (Lipinski definition) is 2. The van der Waals surface area contributed by atoms with Crippen molar-refractivity contribution in [3.63, 3.8) is 0 Å². The molecule has 4 rings (SSSR count). The van der Waals surface area contributed by atoms with E-state index in [9.17, 15) is 14.0 Å². The summed E-state index contributed by atoms with van der Waals surface area (Å²) in [7, 11) is 3.11. The first-order chi connectivity index (χ1) is 15.0. The lowest BCUT2D eigenvalue weighted by atomic mass is 10.2. The van der Waals surface area contributed by atoms with Gasteiger partial charge in [-0.25, -0.2) is 9.37 Å². The highest BCUT2D eigenvalue weighted by Crippen LogP contribution is 2.27. The summed E-state index contributed by atoms with van der Waals surface area (Å²) in [6.45, 7) is 0.488. The number of aromatic nitrogens is 3. The average Bonchev–Trinajstić information content (AvgIpc) is 3.15. The van der Waals surface area contributed by atoms with E-state index in [0.29, 0.717) is 34.5 Å². The minimum atomic E-state index is -0.398. The molecule has 2 aromatic heterocycles. The minimum absolute atomic E-state index is 0.106. The zero-order valence-corrected chi connectivity index (χ0v) is 17.1. The maximum absolute atomic E-state index is 13.5. The van der Waals surface area contributed by atoms with Gasteiger partial charge in [0, 0.05) is 30.4 Å². The number of aromatic amines is 1. The fourth-order valence-corrected chi connectivity index (χ4v) is 3.42. The third kappa shape index (κ3) is 4.07. The van der Waals surface area contributed by atoms with Crippen molar-refractivity contribution < 1.29 is 18.7 Å².